The van der Waals surface area contributed by atoms with E-state index in [-0.39, 0.29) is 22.2 Å². The third kappa shape index (κ3) is 2.09. The molecule has 0 fully saturated rings. The predicted octanol–water partition coefficient (Wildman–Crippen LogP) is 1.54. The molecule has 14 heavy (non-hydrogen) atoms. The molecule has 1 heterocycles. The van der Waals surface area contributed by atoms with E-state index in [1.807, 2.05) is 0 Å². The zero-order valence-corrected chi connectivity index (χ0v) is 8.55. The molecule has 0 aliphatic heterocycles. The smallest absolute Gasteiger partial charge is 0.165 e. The van der Waals surface area contributed by atoms with Gasteiger partial charge in [0.05, 0.1) is 10.6 Å². The number of halogens is 1. The molecule has 4 nitrogen and oxygen atoms in total. The second kappa shape index (κ2) is 4.19. The van der Waals surface area contributed by atoms with E-state index in [2.05, 4.69) is 9.97 Å². The largest absolute Gasteiger partial charge is 0.344 e. The minimum Gasteiger partial charge on any atom is -0.344 e. The maximum absolute atomic E-state index is 11.1. The molecule has 1 aromatic heterocycles. The molecule has 0 atom stereocenters. The van der Waals surface area contributed by atoms with E-state index in [9.17, 15) is 9.59 Å². The van der Waals surface area contributed by atoms with Crippen molar-refractivity contribution < 1.29 is 9.59 Å². The number of hydrogen-bond acceptors (Lipinski definition) is 3. The second-order valence-corrected chi connectivity index (χ2v) is 3.12. The van der Waals surface area contributed by atoms with E-state index < -0.39 is 0 Å². The van der Waals surface area contributed by atoms with Crippen LogP contribution in [-0.2, 0) is 9.59 Å². The Hall–Kier alpha value is -1.42. The molecular weight excluding hydrogens is 204 g/mol. The summed E-state index contributed by atoms with van der Waals surface area (Å²) >= 11 is 5.85. The lowest BCUT2D eigenvalue weighted by atomic mass is 10.1. The number of hydrogen-bond donors (Lipinski definition) is 1. The Morgan fingerprint density at radius 3 is 2.29 bits per heavy atom. The molecule has 0 aromatic carbocycles. The number of carbonyl (C=O) groups is 2. The van der Waals surface area contributed by atoms with Crippen LogP contribution in [0, 0.1) is 0 Å². The Bertz CT molecular complexity index is 377. The topological polar surface area (TPSA) is 62.8 Å². The number of nitrogens with one attached hydrogen (secondary N) is 1. The van der Waals surface area contributed by atoms with Gasteiger partial charge in [0.1, 0.15) is 5.82 Å². The van der Waals surface area contributed by atoms with E-state index >= 15 is 0 Å². The van der Waals surface area contributed by atoms with Gasteiger partial charge < -0.3 is 4.98 Å². The molecule has 0 aliphatic rings. The first-order valence-electron chi connectivity index (χ1n) is 3.95. The van der Waals surface area contributed by atoms with Crippen molar-refractivity contribution in [1.29, 1.82) is 0 Å². The number of aromatic nitrogens is 2. The molecule has 1 aromatic rings. The van der Waals surface area contributed by atoms with Crippen LogP contribution in [0.5, 0.6) is 0 Å². The number of ketones is 2. The molecule has 0 unspecified atom stereocenters. The standard InChI is InChI=1S/C9H9ClN2O2/c1-5(13)7(6(2)14)8(10)9-11-3-4-12-9/h3-4H,1-2H3,(H,11,12). The van der Waals surface area contributed by atoms with E-state index in [0.717, 1.165) is 0 Å². The Morgan fingerprint density at radius 1 is 1.36 bits per heavy atom. The molecule has 0 radical (unpaired) electrons. The van der Waals surface area contributed by atoms with Crippen LogP contribution in [0.3, 0.4) is 0 Å². The van der Waals surface area contributed by atoms with Gasteiger partial charge in [-0.25, -0.2) is 4.98 Å². The normalized spacial score (nSPS) is 9.64. The van der Waals surface area contributed by atoms with Crippen molar-refractivity contribution in [2.24, 2.45) is 0 Å². The van der Waals surface area contributed by atoms with Gasteiger partial charge in [-0.15, -0.1) is 0 Å². The summed E-state index contributed by atoms with van der Waals surface area (Å²) in [7, 11) is 0. The lowest BCUT2D eigenvalue weighted by Crippen LogP contribution is -2.08. The van der Waals surface area contributed by atoms with Crippen LogP contribution in [0.4, 0.5) is 0 Å². The molecule has 0 saturated heterocycles. The third-order valence-electron chi connectivity index (χ3n) is 1.63. The molecule has 5 heteroatoms. The van der Waals surface area contributed by atoms with Crippen LogP contribution < -0.4 is 0 Å². The fourth-order valence-electron chi connectivity index (χ4n) is 1.06. The maximum Gasteiger partial charge on any atom is 0.165 e. The first kappa shape index (κ1) is 10.7. The zero-order valence-electron chi connectivity index (χ0n) is 7.80. The molecule has 1 N–H and O–H groups in total. The number of H-pyrrole nitrogens is 1. The minimum absolute atomic E-state index is 0.0263. The Kier molecular flexibility index (Phi) is 3.19. The van der Waals surface area contributed by atoms with Gasteiger partial charge in [-0.05, 0) is 13.8 Å². The van der Waals surface area contributed by atoms with Crippen molar-refractivity contribution in [2.45, 2.75) is 13.8 Å². The van der Waals surface area contributed by atoms with Gasteiger partial charge >= 0.3 is 0 Å². The van der Waals surface area contributed by atoms with Crippen molar-refractivity contribution in [3.8, 4) is 0 Å². The molecule has 0 amide bonds. The number of Topliss-reactive ketones (excluding diaryl/α,β-unsaturated/α-hetero) is 2. The van der Waals surface area contributed by atoms with Crippen molar-refractivity contribution in [2.75, 3.05) is 0 Å². The van der Waals surface area contributed by atoms with Gasteiger partial charge in [0.2, 0.25) is 0 Å². The van der Waals surface area contributed by atoms with Crippen molar-refractivity contribution >= 4 is 28.2 Å². The molecule has 0 aliphatic carbocycles. The van der Waals surface area contributed by atoms with Gasteiger partial charge in [0.25, 0.3) is 0 Å². The van der Waals surface area contributed by atoms with Crippen LogP contribution >= 0.6 is 11.6 Å². The molecule has 1 rings (SSSR count). The lowest BCUT2D eigenvalue weighted by Gasteiger charge is -2.00. The molecule has 74 valence electrons. The van der Waals surface area contributed by atoms with E-state index in [1.165, 1.54) is 20.0 Å². The zero-order chi connectivity index (χ0) is 10.7. The Labute approximate surface area is 86.0 Å². The van der Waals surface area contributed by atoms with Gasteiger partial charge in [-0.2, -0.15) is 0 Å². The average Bonchev–Trinajstić information content (AvgIpc) is 2.53. The average molecular weight is 213 g/mol. The van der Waals surface area contributed by atoms with Gasteiger partial charge in [0, 0.05) is 12.4 Å². The van der Waals surface area contributed by atoms with Gasteiger partial charge in [-0.1, -0.05) is 11.6 Å². The van der Waals surface area contributed by atoms with Crippen LogP contribution in [0.2, 0.25) is 0 Å². The lowest BCUT2D eigenvalue weighted by molar-refractivity contribution is -0.119. The fourth-order valence-corrected chi connectivity index (χ4v) is 1.43. The molecule has 0 saturated carbocycles. The van der Waals surface area contributed by atoms with E-state index in [0.29, 0.717) is 5.82 Å². The Morgan fingerprint density at radius 2 is 1.93 bits per heavy atom. The highest BCUT2D eigenvalue weighted by Gasteiger charge is 2.17. The summed E-state index contributed by atoms with van der Waals surface area (Å²) in [5, 5.41) is 0.0648. The number of allylic oxidation sites excluding steroid dienone is 1. The summed E-state index contributed by atoms with van der Waals surface area (Å²) in [6, 6.07) is 0. The molecule has 0 spiro atoms. The summed E-state index contributed by atoms with van der Waals surface area (Å²) < 4.78 is 0. The summed E-state index contributed by atoms with van der Waals surface area (Å²) in [6.45, 7) is 2.59. The number of aromatic amines is 1. The summed E-state index contributed by atoms with van der Waals surface area (Å²) in [5.41, 5.74) is -0.0263. The predicted molar refractivity (Wildman–Crippen MR) is 52.7 cm³/mol. The highest BCUT2D eigenvalue weighted by Crippen LogP contribution is 2.20. The Balaban J connectivity index is 3.25. The van der Waals surface area contributed by atoms with Crippen LogP contribution in [0.15, 0.2) is 18.0 Å². The highest BCUT2D eigenvalue weighted by atomic mass is 35.5. The summed E-state index contributed by atoms with van der Waals surface area (Å²) in [5.74, 6) is -0.398. The summed E-state index contributed by atoms with van der Waals surface area (Å²) in [4.78, 5) is 28.8. The van der Waals surface area contributed by atoms with Gasteiger partial charge in [0.15, 0.2) is 11.6 Å². The summed E-state index contributed by atoms with van der Waals surface area (Å²) in [6.07, 6.45) is 3.06. The molecule has 0 bridgehead atoms. The van der Waals surface area contributed by atoms with Crippen LogP contribution in [0.25, 0.3) is 5.03 Å². The van der Waals surface area contributed by atoms with Crippen LogP contribution in [-0.4, -0.2) is 21.5 Å². The highest BCUT2D eigenvalue weighted by molar-refractivity contribution is 6.53. The van der Waals surface area contributed by atoms with E-state index in [4.69, 9.17) is 11.6 Å². The van der Waals surface area contributed by atoms with Gasteiger partial charge in [-0.3, -0.25) is 9.59 Å². The number of nitrogens with zero attached hydrogens (tertiary/aromatic N) is 1. The SMILES string of the molecule is CC(=O)C(C(C)=O)=C(Cl)c1ncc[nH]1. The number of carbonyl (C=O) groups excluding carboxylic acids is 2. The number of rotatable bonds is 3. The van der Waals surface area contributed by atoms with Crippen molar-refractivity contribution in [3.05, 3.63) is 23.8 Å². The fraction of sp³-hybridized carbons (Fsp3) is 0.222. The first-order valence-corrected chi connectivity index (χ1v) is 4.33. The maximum atomic E-state index is 11.1. The van der Waals surface area contributed by atoms with Crippen molar-refractivity contribution in [1.82, 2.24) is 9.97 Å². The molecular formula is C9H9ClN2O2. The monoisotopic (exact) mass is 212 g/mol. The second-order valence-electron chi connectivity index (χ2n) is 2.74. The van der Waals surface area contributed by atoms with Crippen LogP contribution in [0.1, 0.15) is 19.7 Å². The quantitative estimate of drug-likeness (QED) is 0.470. The number of imidazole rings is 1. The third-order valence-corrected chi connectivity index (χ3v) is 2.00. The minimum atomic E-state index is -0.362. The van der Waals surface area contributed by atoms with E-state index in [1.54, 1.807) is 6.20 Å². The van der Waals surface area contributed by atoms with Crippen molar-refractivity contribution in [3.63, 3.8) is 0 Å². The first-order chi connectivity index (χ1) is 6.54.